The number of likely N-dealkylation sites (tertiary alicyclic amines) is 1. The van der Waals surface area contributed by atoms with Gasteiger partial charge in [-0.2, -0.15) is 0 Å². The summed E-state index contributed by atoms with van der Waals surface area (Å²) in [5, 5.41) is 0. The molecule has 1 saturated heterocycles. The number of nitrogens with two attached hydrogens (primary N) is 1. The molecule has 1 atom stereocenters. The second-order valence-electron chi connectivity index (χ2n) is 4.25. The summed E-state index contributed by atoms with van der Waals surface area (Å²) in [6.45, 7) is 0.433. The third-order valence-corrected chi connectivity index (χ3v) is 3.30. The van der Waals surface area contributed by atoms with Gasteiger partial charge >= 0.3 is 0 Å². The lowest BCUT2D eigenvalue weighted by Crippen LogP contribution is -2.46. The van der Waals surface area contributed by atoms with Crippen LogP contribution in [0.4, 0.5) is 0 Å². The summed E-state index contributed by atoms with van der Waals surface area (Å²) in [4.78, 5) is 23.9. The van der Waals surface area contributed by atoms with E-state index >= 15 is 0 Å². The average molecular weight is 196 g/mol. The molecule has 1 aliphatic carbocycles. The highest BCUT2D eigenvalue weighted by Gasteiger charge is 2.33. The molecule has 0 radical (unpaired) electrons. The molecule has 0 spiro atoms. The highest BCUT2D eigenvalue weighted by molar-refractivity contribution is 6.01. The van der Waals surface area contributed by atoms with Gasteiger partial charge in [0.15, 0.2) is 0 Å². The van der Waals surface area contributed by atoms with Crippen LogP contribution >= 0.6 is 0 Å². The summed E-state index contributed by atoms with van der Waals surface area (Å²) in [6, 6.07) is -0.00486. The number of imide groups is 1. The number of carbonyl (C=O) groups excluding carboxylic acids is 2. The molecular formula is C10H16N2O2. The average Bonchev–Trinajstić information content (AvgIpc) is 2.32. The molecule has 1 unspecified atom stereocenters. The van der Waals surface area contributed by atoms with Crippen molar-refractivity contribution in [2.24, 2.45) is 11.7 Å². The van der Waals surface area contributed by atoms with Crippen LogP contribution in [0.3, 0.4) is 0 Å². The first-order valence-corrected chi connectivity index (χ1v) is 5.27. The lowest BCUT2D eigenvalue weighted by Gasteiger charge is -2.33. The second kappa shape index (κ2) is 3.69. The predicted molar refractivity (Wildman–Crippen MR) is 51.3 cm³/mol. The van der Waals surface area contributed by atoms with Crippen molar-refractivity contribution in [2.75, 3.05) is 6.54 Å². The maximum atomic E-state index is 11.3. The van der Waals surface area contributed by atoms with Gasteiger partial charge in [-0.1, -0.05) is 6.42 Å². The summed E-state index contributed by atoms with van der Waals surface area (Å²) in [7, 11) is 0. The van der Waals surface area contributed by atoms with Crippen molar-refractivity contribution in [3.8, 4) is 0 Å². The van der Waals surface area contributed by atoms with E-state index in [-0.39, 0.29) is 17.9 Å². The molecule has 2 aliphatic rings. The van der Waals surface area contributed by atoms with E-state index in [1.165, 1.54) is 11.3 Å². The van der Waals surface area contributed by atoms with E-state index in [1.54, 1.807) is 0 Å². The Morgan fingerprint density at radius 3 is 2.29 bits per heavy atom. The van der Waals surface area contributed by atoms with E-state index in [4.69, 9.17) is 5.73 Å². The van der Waals surface area contributed by atoms with E-state index in [2.05, 4.69) is 0 Å². The van der Waals surface area contributed by atoms with Crippen molar-refractivity contribution in [2.45, 2.75) is 38.1 Å². The number of rotatable bonds is 3. The Balaban J connectivity index is 1.89. The van der Waals surface area contributed by atoms with Crippen LogP contribution in [0.25, 0.3) is 0 Å². The molecule has 2 rings (SSSR count). The Morgan fingerprint density at radius 1 is 1.29 bits per heavy atom. The van der Waals surface area contributed by atoms with E-state index in [9.17, 15) is 9.59 Å². The van der Waals surface area contributed by atoms with E-state index < -0.39 is 0 Å². The quantitative estimate of drug-likeness (QED) is 0.659. The SMILES string of the molecule is NC(CN1C(=O)CCC1=O)C1CCC1. The molecule has 2 amide bonds. The molecule has 4 nitrogen and oxygen atoms in total. The Labute approximate surface area is 83.4 Å². The molecule has 1 heterocycles. The van der Waals surface area contributed by atoms with Crippen LogP contribution in [0, 0.1) is 5.92 Å². The molecule has 2 fully saturated rings. The van der Waals surface area contributed by atoms with Crippen molar-refractivity contribution in [3.05, 3.63) is 0 Å². The first-order chi connectivity index (χ1) is 6.68. The number of hydrogen-bond acceptors (Lipinski definition) is 3. The lowest BCUT2D eigenvalue weighted by molar-refractivity contribution is -0.138. The Bertz CT molecular complexity index is 245. The van der Waals surface area contributed by atoms with Gasteiger partial charge in [-0.25, -0.2) is 0 Å². The van der Waals surface area contributed by atoms with E-state index in [0.717, 1.165) is 12.8 Å². The zero-order valence-corrected chi connectivity index (χ0v) is 8.24. The Morgan fingerprint density at radius 2 is 1.86 bits per heavy atom. The topological polar surface area (TPSA) is 63.4 Å². The van der Waals surface area contributed by atoms with Gasteiger partial charge in [0.2, 0.25) is 11.8 Å². The summed E-state index contributed by atoms with van der Waals surface area (Å²) >= 11 is 0. The Hall–Kier alpha value is -0.900. The maximum Gasteiger partial charge on any atom is 0.229 e. The van der Waals surface area contributed by atoms with Gasteiger partial charge in [0, 0.05) is 25.4 Å². The largest absolute Gasteiger partial charge is 0.326 e. The molecule has 0 aromatic rings. The molecule has 4 heteroatoms. The van der Waals surface area contributed by atoms with E-state index in [0.29, 0.717) is 25.3 Å². The van der Waals surface area contributed by atoms with Crippen molar-refractivity contribution in [1.29, 1.82) is 0 Å². The summed E-state index contributed by atoms with van der Waals surface area (Å²) in [5.41, 5.74) is 5.94. The molecular weight excluding hydrogens is 180 g/mol. The van der Waals surface area contributed by atoms with Gasteiger partial charge in [-0.3, -0.25) is 14.5 Å². The number of carbonyl (C=O) groups is 2. The van der Waals surface area contributed by atoms with Crippen LogP contribution in [0.1, 0.15) is 32.1 Å². The van der Waals surface area contributed by atoms with Crippen molar-refractivity contribution < 1.29 is 9.59 Å². The molecule has 0 bridgehead atoms. The lowest BCUT2D eigenvalue weighted by atomic mass is 9.80. The van der Waals surface area contributed by atoms with Gasteiger partial charge < -0.3 is 5.73 Å². The zero-order chi connectivity index (χ0) is 10.1. The monoisotopic (exact) mass is 196 g/mol. The summed E-state index contributed by atoms with van der Waals surface area (Å²) < 4.78 is 0. The van der Waals surface area contributed by atoms with Gasteiger partial charge in [0.05, 0.1) is 0 Å². The minimum Gasteiger partial charge on any atom is -0.326 e. The number of hydrogen-bond donors (Lipinski definition) is 1. The molecule has 0 aromatic heterocycles. The molecule has 2 N–H and O–H groups in total. The van der Waals surface area contributed by atoms with Crippen molar-refractivity contribution in [1.82, 2.24) is 4.90 Å². The van der Waals surface area contributed by atoms with Gasteiger partial charge in [0.25, 0.3) is 0 Å². The molecule has 14 heavy (non-hydrogen) atoms. The first-order valence-electron chi connectivity index (χ1n) is 5.27. The highest BCUT2D eigenvalue weighted by Crippen LogP contribution is 2.29. The zero-order valence-electron chi connectivity index (χ0n) is 8.24. The molecule has 0 aromatic carbocycles. The standard InChI is InChI=1S/C10H16N2O2/c11-8(7-2-1-3-7)6-12-9(13)4-5-10(12)14/h7-8H,1-6,11H2. The third-order valence-electron chi connectivity index (χ3n) is 3.30. The summed E-state index contributed by atoms with van der Waals surface area (Å²) in [6.07, 6.45) is 4.28. The maximum absolute atomic E-state index is 11.3. The van der Waals surface area contributed by atoms with Crippen LogP contribution in [-0.4, -0.2) is 29.3 Å². The molecule has 1 saturated carbocycles. The van der Waals surface area contributed by atoms with Crippen LogP contribution in [0.2, 0.25) is 0 Å². The second-order valence-corrected chi connectivity index (χ2v) is 4.25. The summed E-state index contributed by atoms with van der Waals surface area (Å²) in [5.74, 6) is 0.422. The van der Waals surface area contributed by atoms with Gasteiger partial charge in [0.1, 0.15) is 0 Å². The van der Waals surface area contributed by atoms with E-state index in [1.807, 2.05) is 0 Å². The number of amides is 2. The number of nitrogens with zero attached hydrogens (tertiary/aromatic N) is 1. The molecule has 1 aliphatic heterocycles. The predicted octanol–water partition coefficient (Wildman–Crippen LogP) is 0.263. The van der Waals surface area contributed by atoms with Crippen LogP contribution in [0.5, 0.6) is 0 Å². The fourth-order valence-electron chi connectivity index (χ4n) is 2.05. The third kappa shape index (κ3) is 1.66. The highest BCUT2D eigenvalue weighted by atomic mass is 16.2. The first kappa shape index (κ1) is 9.65. The normalized spacial score (nSPS) is 25.4. The Kier molecular flexibility index (Phi) is 2.54. The van der Waals surface area contributed by atoms with Crippen LogP contribution in [0.15, 0.2) is 0 Å². The van der Waals surface area contributed by atoms with Crippen molar-refractivity contribution >= 4 is 11.8 Å². The fourth-order valence-corrected chi connectivity index (χ4v) is 2.05. The molecule has 78 valence electrons. The van der Waals surface area contributed by atoms with Gasteiger partial charge in [-0.05, 0) is 18.8 Å². The van der Waals surface area contributed by atoms with Crippen molar-refractivity contribution in [3.63, 3.8) is 0 Å². The smallest absolute Gasteiger partial charge is 0.229 e. The fraction of sp³-hybridized carbons (Fsp3) is 0.800. The van der Waals surface area contributed by atoms with Gasteiger partial charge in [-0.15, -0.1) is 0 Å². The van der Waals surface area contributed by atoms with Crippen LogP contribution < -0.4 is 5.73 Å². The van der Waals surface area contributed by atoms with Crippen LogP contribution in [-0.2, 0) is 9.59 Å². The minimum atomic E-state index is -0.0511. The minimum absolute atomic E-state index is 0.00486.